The van der Waals surface area contributed by atoms with Crippen molar-refractivity contribution in [2.75, 3.05) is 32.8 Å². The van der Waals surface area contributed by atoms with E-state index in [-0.39, 0.29) is 17.6 Å². The van der Waals surface area contributed by atoms with Crippen LogP contribution in [0, 0.1) is 10.1 Å². The number of benzene rings is 1. The molecule has 8 nitrogen and oxygen atoms in total. The first-order valence-electron chi connectivity index (χ1n) is 8.52. The standard InChI is InChI=1S/C18H22N4O4/c1-20-8-2-3-16(20)17(21-9-11-26-12-10-21)13-19-18(23)14-4-6-15(7-5-14)22(24)25/h2-8,17H,9-13H2,1H3,(H,19,23). The van der Waals surface area contributed by atoms with E-state index in [0.717, 1.165) is 18.8 Å². The predicted octanol–water partition coefficient (Wildman–Crippen LogP) is 1.74. The largest absolute Gasteiger partial charge is 0.379 e. The molecule has 1 aliphatic heterocycles. The van der Waals surface area contributed by atoms with Crippen molar-refractivity contribution in [1.82, 2.24) is 14.8 Å². The molecule has 1 saturated heterocycles. The van der Waals surface area contributed by atoms with Crippen LogP contribution in [0.4, 0.5) is 5.69 Å². The Labute approximate surface area is 151 Å². The molecule has 1 aliphatic rings. The third-order valence-electron chi connectivity index (χ3n) is 4.61. The molecule has 26 heavy (non-hydrogen) atoms. The van der Waals surface area contributed by atoms with E-state index >= 15 is 0 Å². The Bertz CT molecular complexity index is 766. The second-order valence-electron chi connectivity index (χ2n) is 6.22. The van der Waals surface area contributed by atoms with Gasteiger partial charge in [0.05, 0.1) is 24.2 Å². The molecule has 1 aromatic carbocycles. The molecule has 8 heteroatoms. The number of ether oxygens (including phenoxy) is 1. The number of hydrogen-bond donors (Lipinski definition) is 1. The summed E-state index contributed by atoms with van der Waals surface area (Å²) in [6.07, 6.45) is 1.99. The summed E-state index contributed by atoms with van der Waals surface area (Å²) in [5.41, 5.74) is 1.50. The third kappa shape index (κ3) is 4.09. The van der Waals surface area contributed by atoms with Gasteiger partial charge >= 0.3 is 0 Å². The molecule has 1 aromatic heterocycles. The summed E-state index contributed by atoms with van der Waals surface area (Å²) >= 11 is 0. The molecular formula is C18H22N4O4. The molecule has 3 rings (SSSR count). The van der Waals surface area contributed by atoms with Crippen LogP contribution in [0.25, 0.3) is 0 Å². The van der Waals surface area contributed by atoms with E-state index in [1.165, 1.54) is 24.3 Å². The minimum absolute atomic E-state index is 0.0310. The van der Waals surface area contributed by atoms with Crippen molar-refractivity contribution in [1.29, 1.82) is 0 Å². The number of aromatic nitrogens is 1. The van der Waals surface area contributed by atoms with Gasteiger partial charge in [-0.1, -0.05) is 0 Å². The number of hydrogen-bond acceptors (Lipinski definition) is 5. The highest BCUT2D eigenvalue weighted by Gasteiger charge is 2.25. The van der Waals surface area contributed by atoms with E-state index in [2.05, 4.69) is 20.9 Å². The Hall–Kier alpha value is -2.71. The number of nitrogens with one attached hydrogen (secondary N) is 1. The average Bonchev–Trinajstić information content (AvgIpc) is 3.08. The molecule has 0 aliphatic carbocycles. The minimum Gasteiger partial charge on any atom is -0.379 e. The normalized spacial score (nSPS) is 16.2. The Morgan fingerprint density at radius 2 is 1.96 bits per heavy atom. The number of aryl methyl sites for hydroxylation is 1. The van der Waals surface area contributed by atoms with Gasteiger partial charge in [-0.05, 0) is 24.3 Å². The van der Waals surface area contributed by atoms with Crippen molar-refractivity contribution >= 4 is 11.6 Å². The number of morpholine rings is 1. The lowest BCUT2D eigenvalue weighted by Gasteiger charge is -2.35. The second-order valence-corrected chi connectivity index (χ2v) is 6.22. The van der Waals surface area contributed by atoms with E-state index in [1.54, 1.807) is 0 Å². The molecule has 2 aromatic rings. The number of nitrogens with zero attached hydrogens (tertiary/aromatic N) is 3. The first-order valence-corrected chi connectivity index (χ1v) is 8.52. The van der Waals surface area contributed by atoms with E-state index < -0.39 is 4.92 Å². The Balaban J connectivity index is 1.69. The van der Waals surface area contributed by atoms with Crippen molar-refractivity contribution in [2.24, 2.45) is 7.05 Å². The van der Waals surface area contributed by atoms with Crippen molar-refractivity contribution in [3.63, 3.8) is 0 Å². The van der Waals surface area contributed by atoms with Crippen molar-refractivity contribution in [3.8, 4) is 0 Å². The van der Waals surface area contributed by atoms with E-state index in [4.69, 9.17) is 4.74 Å². The van der Waals surface area contributed by atoms with Crippen molar-refractivity contribution < 1.29 is 14.5 Å². The molecule has 1 unspecified atom stereocenters. The topological polar surface area (TPSA) is 89.6 Å². The molecule has 1 N–H and O–H groups in total. The van der Waals surface area contributed by atoms with Crippen molar-refractivity contribution in [3.05, 3.63) is 64.0 Å². The SMILES string of the molecule is Cn1cccc1C(CNC(=O)c1ccc([N+](=O)[O-])cc1)N1CCOCC1. The van der Waals surface area contributed by atoms with Gasteiger partial charge in [0.1, 0.15) is 0 Å². The average molecular weight is 358 g/mol. The van der Waals surface area contributed by atoms with Gasteiger partial charge in [-0.25, -0.2) is 0 Å². The first kappa shape index (κ1) is 18.1. The number of carbonyl (C=O) groups excluding carboxylic acids is 1. The number of non-ortho nitro benzene ring substituents is 1. The number of rotatable bonds is 6. The molecule has 1 amide bonds. The fourth-order valence-corrected chi connectivity index (χ4v) is 3.16. The van der Waals surface area contributed by atoms with E-state index in [0.29, 0.717) is 25.3 Å². The molecule has 138 valence electrons. The fourth-order valence-electron chi connectivity index (χ4n) is 3.16. The quantitative estimate of drug-likeness (QED) is 0.627. The molecule has 0 radical (unpaired) electrons. The van der Waals surface area contributed by atoms with Gasteiger partial charge in [0.2, 0.25) is 0 Å². The molecule has 0 saturated carbocycles. The monoisotopic (exact) mass is 358 g/mol. The molecular weight excluding hydrogens is 336 g/mol. The summed E-state index contributed by atoms with van der Waals surface area (Å²) in [5.74, 6) is -0.243. The van der Waals surface area contributed by atoms with Crippen LogP contribution >= 0.6 is 0 Å². The molecule has 0 bridgehead atoms. The maximum Gasteiger partial charge on any atom is 0.269 e. The van der Waals surface area contributed by atoms with Crippen LogP contribution in [-0.2, 0) is 11.8 Å². The first-order chi connectivity index (χ1) is 12.6. The number of carbonyl (C=O) groups is 1. The molecule has 1 fully saturated rings. The zero-order chi connectivity index (χ0) is 18.5. The highest BCUT2D eigenvalue weighted by Crippen LogP contribution is 2.21. The number of nitro benzene ring substituents is 1. The minimum atomic E-state index is -0.481. The molecule has 1 atom stereocenters. The molecule has 0 spiro atoms. The van der Waals surface area contributed by atoms with Crippen molar-refractivity contribution in [2.45, 2.75) is 6.04 Å². The van der Waals surface area contributed by atoms with Crippen LogP contribution < -0.4 is 5.32 Å². The predicted molar refractivity (Wildman–Crippen MR) is 96.0 cm³/mol. The summed E-state index contributed by atoms with van der Waals surface area (Å²) in [6, 6.07) is 9.70. The van der Waals surface area contributed by atoms with Crippen LogP contribution in [0.15, 0.2) is 42.6 Å². The van der Waals surface area contributed by atoms with Gasteiger partial charge in [0.15, 0.2) is 0 Å². The van der Waals surface area contributed by atoms with E-state index in [9.17, 15) is 14.9 Å². The van der Waals surface area contributed by atoms with Crippen LogP contribution in [0.2, 0.25) is 0 Å². The van der Waals surface area contributed by atoms with Gasteiger partial charge in [0.25, 0.3) is 11.6 Å². The maximum atomic E-state index is 12.4. The number of nitro groups is 1. The fraction of sp³-hybridized carbons (Fsp3) is 0.389. The Morgan fingerprint density at radius 3 is 2.54 bits per heavy atom. The van der Waals surface area contributed by atoms with Gasteiger partial charge in [-0.2, -0.15) is 0 Å². The molecule has 2 heterocycles. The van der Waals surface area contributed by atoms with Crippen LogP contribution in [-0.4, -0.2) is 53.1 Å². The summed E-state index contributed by atoms with van der Waals surface area (Å²) < 4.78 is 7.49. The van der Waals surface area contributed by atoms with Crippen LogP contribution in [0.3, 0.4) is 0 Å². The van der Waals surface area contributed by atoms with Crippen LogP contribution in [0.5, 0.6) is 0 Å². The zero-order valence-electron chi connectivity index (χ0n) is 14.6. The van der Waals surface area contributed by atoms with Gasteiger partial charge < -0.3 is 14.6 Å². The van der Waals surface area contributed by atoms with E-state index in [1.807, 2.05) is 19.3 Å². The van der Waals surface area contributed by atoms with Crippen LogP contribution in [0.1, 0.15) is 22.1 Å². The summed E-state index contributed by atoms with van der Waals surface area (Å²) in [6.45, 7) is 3.43. The summed E-state index contributed by atoms with van der Waals surface area (Å²) in [4.78, 5) is 25.0. The lowest BCUT2D eigenvalue weighted by Crippen LogP contribution is -2.44. The smallest absolute Gasteiger partial charge is 0.269 e. The lowest BCUT2D eigenvalue weighted by molar-refractivity contribution is -0.384. The maximum absolute atomic E-state index is 12.4. The summed E-state index contributed by atoms with van der Waals surface area (Å²) in [5, 5.41) is 13.7. The highest BCUT2D eigenvalue weighted by molar-refractivity contribution is 5.94. The second kappa shape index (κ2) is 8.11. The lowest BCUT2D eigenvalue weighted by atomic mass is 10.1. The van der Waals surface area contributed by atoms with Gasteiger partial charge in [-0.15, -0.1) is 0 Å². The Kier molecular flexibility index (Phi) is 5.65. The summed E-state index contributed by atoms with van der Waals surface area (Å²) in [7, 11) is 1.99. The Morgan fingerprint density at radius 1 is 1.27 bits per heavy atom. The highest BCUT2D eigenvalue weighted by atomic mass is 16.6. The number of amides is 1. The van der Waals surface area contributed by atoms with Gasteiger partial charge in [0, 0.05) is 56.3 Å². The zero-order valence-corrected chi connectivity index (χ0v) is 14.6. The van der Waals surface area contributed by atoms with Gasteiger partial charge in [-0.3, -0.25) is 19.8 Å². The third-order valence-corrected chi connectivity index (χ3v) is 4.61.